The number of amides is 2. The molecule has 2 N–H and O–H groups in total. The van der Waals surface area contributed by atoms with Crippen LogP contribution in [-0.2, 0) is 20.1 Å². The van der Waals surface area contributed by atoms with Gasteiger partial charge in [0.25, 0.3) is 11.8 Å². The van der Waals surface area contributed by atoms with Crippen LogP contribution in [0, 0.1) is 0 Å². The lowest BCUT2D eigenvalue weighted by Gasteiger charge is -2.14. The Balaban J connectivity index is 1.67. The number of nitrogens with one attached hydrogen (secondary N) is 2. The van der Waals surface area contributed by atoms with Crippen LogP contribution in [0.1, 0.15) is 22.2 Å². The maximum Gasteiger partial charge on any atom is 0.316 e. The third-order valence-corrected chi connectivity index (χ3v) is 5.47. The first kappa shape index (κ1) is 20.3. The first-order valence-corrected chi connectivity index (χ1v) is 9.97. The van der Waals surface area contributed by atoms with Gasteiger partial charge in [-0.25, -0.2) is 0 Å². The molecule has 1 aromatic heterocycles. The molecule has 0 saturated heterocycles. The second-order valence-corrected chi connectivity index (χ2v) is 7.93. The molecule has 2 aromatic rings. The molecule has 0 spiro atoms. The Bertz CT molecular complexity index is 767. The molecule has 0 unspecified atom stereocenters. The van der Waals surface area contributed by atoms with Gasteiger partial charge in [-0.3, -0.25) is 25.2 Å². The first-order valence-electron chi connectivity index (χ1n) is 7.62. The molecule has 0 aliphatic carbocycles. The van der Waals surface area contributed by atoms with Crippen LogP contribution in [0.4, 0.5) is 0 Å². The molecule has 2 amide bonds. The molecule has 1 heterocycles. The lowest BCUT2D eigenvalue weighted by Crippen LogP contribution is -2.46. The molecule has 2 rings (SSSR count). The average molecular weight is 413 g/mol. The molecule has 0 fully saturated rings. The van der Waals surface area contributed by atoms with Crippen LogP contribution in [-0.4, -0.2) is 29.6 Å². The molecule has 6 nitrogen and oxygen atoms in total. The molecule has 0 aliphatic heterocycles. The summed E-state index contributed by atoms with van der Waals surface area (Å²) in [6, 6.07) is 12.1. The maximum absolute atomic E-state index is 11.9. The van der Waals surface area contributed by atoms with Crippen molar-refractivity contribution in [1.82, 2.24) is 10.9 Å². The highest BCUT2D eigenvalue weighted by molar-refractivity contribution is 7.99. The van der Waals surface area contributed by atoms with Crippen LogP contribution in [0.25, 0.3) is 0 Å². The largest absolute Gasteiger partial charge is 0.452 e. The van der Waals surface area contributed by atoms with Crippen molar-refractivity contribution < 1.29 is 19.1 Å². The van der Waals surface area contributed by atoms with Gasteiger partial charge in [0.1, 0.15) is 0 Å². The summed E-state index contributed by atoms with van der Waals surface area (Å²) in [5.41, 5.74) is 4.91. The molecule has 0 bridgehead atoms. The van der Waals surface area contributed by atoms with Gasteiger partial charge in [-0.05, 0) is 31.2 Å². The van der Waals surface area contributed by atoms with Crippen molar-refractivity contribution in [2.24, 2.45) is 0 Å². The monoisotopic (exact) mass is 412 g/mol. The quantitative estimate of drug-likeness (QED) is 0.539. The molecule has 9 heteroatoms. The van der Waals surface area contributed by atoms with Gasteiger partial charge in [-0.15, -0.1) is 23.1 Å². The summed E-state index contributed by atoms with van der Waals surface area (Å²) >= 11 is 8.67. The minimum atomic E-state index is -1.02. The highest BCUT2D eigenvalue weighted by atomic mass is 35.5. The van der Waals surface area contributed by atoms with Gasteiger partial charge in [0.05, 0.1) is 10.1 Å². The van der Waals surface area contributed by atoms with E-state index in [0.717, 1.165) is 4.88 Å². The average Bonchev–Trinajstić information content (AvgIpc) is 3.05. The molecule has 0 aliphatic rings. The summed E-state index contributed by atoms with van der Waals surface area (Å²) in [5, 5.41) is 0. The second-order valence-electron chi connectivity index (χ2n) is 5.14. The van der Waals surface area contributed by atoms with E-state index < -0.39 is 23.9 Å². The zero-order valence-corrected chi connectivity index (χ0v) is 16.2. The van der Waals surface area contributed by atoms with Crippen molar-refractivity contribution in [3.63, 3.8) is 0 Å². The summed E-state index contributed by atoms with van der Waals surface area (Å²) in [6.45, 7) is 1.44. The number of carbonyl (C=O) groups excluding carboxylic acids is 3. The fourth-order valence-electron chi connectivity index (χ4n) is 1.83. The van der Waals surface area contributed by atoms with E-state index in [1.165, 1.54) is 30.0 Å². The van der Waals surface area contributed by atoms with Gasteiger partial charge in [0, 0.05) is 16.2 Å². The number of hydrogen-bond donors (Lipinski definition) is 2. The lowest BCUT2D eigenvalue weighted by molar-refractivity contribution is -0.152. The lowest BCUT2D eigenvalue weighted by atomic mass is 10.2. The number of halogens is 1. The van der Waals surface area contributed by atoms with Crippen molar-refractivity contribution in [3.05, 3.63) is 57.2 Å². The van der Waals surface area contributed by atoms with E-state index in [2.05, 4.69) is 10.9 Å². The van der Waals surface area contributed by atoms with E-state index in [0.29, 0.717) is 15.7 Å². The molecule has 1 aromatic carbocycles. The molecular weight excluding hydrogens is 396 g/mol. The van der Waals surface area contributed by atoms with Crippen molar-refractivity contribution in [3.8, 4) is 0 Å². The number of carbonyl (C=O) groups is 3. The first-order chi connectivity index (χ1) is 12.5. The zero-order chi connectivity index (χ0) is 18.9. The smallest absolute Gasteiger partial charge is 0.316 e. The van der Waals surface area contributed by atoms with Crippen molar-refractivity contribution >= 4 is 52.5 Å². The van der Waals surface area contributed by atoms with Crippen LogP contribution >= 0.6 is 34.7 Å². The molecule has 1 atom stereocenters. The fourth-order valence-corrected chi connectivity index (χ4v) is 3.83. The summed E-state index contributed by atoms with van der Waals surface area (Å²) in [6.07, 6.45) is -1.02. The predicted molar refractivity (Wildman–Crippen MR) is 103 cm³/mol. The Hall–Kier alpha value is -2.03. The van der Waals surface area contributed by atoms with Gasteiger partial charge in [-0.2, -0.15) is 0 Å². The second kappa shape index (κ2) is 10.2. The highest BCUT2D eigenvalue weighted by Gasteiger charge is 2.18. The minimum absolute atomic E-state index is 0.115. The highest BCUT2D eigenvalue weighted by Crippen LogP contribution is 2.25. The van der Waals surface area contributed by atoms with E-state index in [1.807, 2.05) is 6.07 Å². The maximum atomic E-state index is 11.9. The molecule has 0 radical (unpaired) electrons. The van der Waals surface area contributed by atoms with Gasteiger partial charge in [0.15, 0.2) is 6.10 Å². The van der Waals surface area contributed by atoms with Crippen molar-refractivity contribution in [2.45, 2.75) is 18.8 Å². The SMILES string of the molecule is C[C@H](OC(=O)CSCc1ccc(Cl)s1)C(=O)NNC(=O)c1ccccc1. The van der Waals surface area contributed by atoms with E-state index in [4.69, 9.17) is 16.3 Å². The van der Waals surface area contributed by atoms with E-state index >= 15 is 0 Å². The summed E-state index contributed by atoms with van der Waals surface area (Å²) in [5.74, 6) is -0.820. The number of thiophene rings is 1. The minimum Gasteiger partial charge on any atom is -0.452 e. The van der Waals surface area contributed by atoms with E-state index in [-0.39, 0.29) is 5.75 Å². The van der Waals surface area contributed by atoms with Crippen LogP contribution < -0.4 is 10.9 Å². The summed E-state index contributed by atoms with van der Waals surface area (Å²) in [4.78, 5) is 36.6. The van der Waals surface area contributed by atoms with Crippen molar-refractivity contribution in [2.75, 3.05) is 5.75 Å². The Morgan fingerprint density at radius 3 is 2.54 bits per heavy atom. The third kappa shape index (κ3) is 6.70. The number of rotatable bonds is 7. The van der Waals surface area contributed by atoms with Crippen LogP contribution in [0.2, 0.25) is 4.34 Å². The van der Waals surface area contributed by atoms with Gasteiger partial charge in [-0.1, -0.05) is 29.8 Å². The van der Waals surface area contributed by atoms with Gasteiger partial charge in [0.2, 0.25) is 0 Å². The Kier molecular flexibility index (Phi) is 7.96. The fraction of sp³-hybridized carbons (Fsp3) is 0.235. The van der Waals surface area contributed by atoms with Gasteiger partial charge >= 0.3 is 5.97 Å². The molecule has 138 valence electrons. The van der Waals surface area contributed by atoms with E-state index in [9.17, 15) is 14.4 Å². The molecule has 0 saturated carbocycles. The van der Waals surface area contributed by atoms with Gasteiger partial charge < -0.3 is 4.74 Å². The number of thioether (sulfide) groups is 1. The predicted octanol–water partition coefficient (Wildman–Crippen LogP) is 3.03. The zero-order valence-electron chi connectivity index (χ0n) is 13.9. The van der Waals surface area contributed by atoms with Crippen LogP contribution in [0.3, 0.4) is 0 Å². The number of ether oxygens (including phenoxy) is 1. The Morgan fingerprint density at radius 2 is 1.88 bits per heavy atom. The van der Waals surface area contributed by atoms with Crippen molar-refractivity contribution in [1.29, 1.82) is 0 Å². The van der Waals surface area contributed by atoms with Crippen LogP contribution in [0.15, 0.2) is 42.5 Å². The number of hydrogen-bond acceptors (Lipinski definition) is 6. The summed E-state index contributed by atoms with van der Waals surface area (Å²) < 4.78 is 5.75. The summed E-state index contributed by atoms with van der Waals surface area (Å²) in [7, 11) is 0. The Labute approximate surface area is 164 Å². The van der Waals surface area contributed by atoms with Crippen LogP contribution in [0.5, 0.6) is 0 Å². The van der Waals surface area contributed by atoms with E-state index in [1.54, 1.807) is 36.4 Å². The molecular formula is C17H17ClN2O4S2. The Morgan fingerprint density at radius 1 is 1.15 bits per heavy atom. The third-order valence-electron chi connectivity index (χ3n) is 3.11. The topological polar surface area (TPSA) is 84.5 Å². The number of hydrazine groups is 1. The normalized spacial score (nSPS) is 11.5. The number of esters is 1. The standard InChI is InChI=1S/C17H17ClN2O4S2/c1-11(16(22)19-20-17(23)12-5-3-2-4-6-12)24-15(21)10-25-9-13-7-8-14(18)26-13/h2-8,11H,9-10H2,1H3,(H,19,22)(H,20,23)/t11-/m0/s1. The molecule has 26 heavy (non-hydrogen) atoms. The number of benzene rings is 1.